The molecule has 0 aromatic heterocycles. The molecular weight excluding hydrogens is 774 g/mol. The van der Waals surface area contributed by atoms with Gasteiger partial charge in [0.15, 0.2) is 13.9 Å². The van der Waals surface area contributed by atoms with Gasteiger partial charge >= 0.3 is 0 Å². The summed E-state index contributed by atoms with van der Waals surface area (Å²) in [6, 6.07) is 23.8. The van der Waals surface area contributed by atoms with E-state index in [0.717, 1.165) is 29.5 Å². The van der Waals surface area contributed by atoms with Crippen LogP contribution in [0.1, 0.15) is 30.0 Å². The third-order valence-corrected chi connectivity index (χ3v) is 12.4. The van der Waals surface area contributed by atoms with E-state index in [0.29, 0.717) is 13.1 Å². The highest BCUT2D eigenvalue weighted by Crippen LogP contribution is 2.60. The third kappa shape index (κ3) is 6.07. The maximum absolute atomic E-state index is 14.6. The van der Waals surface area contributed by atoms with Crippen molar-refractivity contribution in [1.82, 2.24) is 4.90 Å². The minimum Gasteiger partial charge on any atom is -0.432 e. The van der Waals surface area contributed by atoms with Crippen molar-refractivity contribution in [3.63, 3.8) is 0 Å². The SMILES string of the molecule is C[C@@H]1[C@@H]([Si](C)(C)O)[C@H](CC(=O)N(CCO)Cc2ccccc2)O[C@@]12C(=O)N(Cc1ccc(I)cc1)c1ccc(I)cc12. The van der Waals surface area contributed by atoms with Gasteiger partial charge in [0, 0.05) is 37.3 Å². The van der Waals surface area contributed by atoms with E-state index in [2.05, 4.69) is 45.2 Å². The number of amides is 2. The van der Waals surface area contributed by atoms with Crippen LogP contribution in [0.15, 0.2) is 72.8 Å². The summed E-state index contributed by atoms with van der Waals surface area (Å²) >= 11 is 4.52. The second kappa shape index (κ2) is 12.6. The number of hydrogen-bond acceptors (Lipinski definition) is 5. The highest BCUT2D eigenvalue weighted by molar-refractivity contribution is 14.1. The molecule has 2 aliphatic heterocycles. The first-order valence-corrected chi connectivity index (χ1v) is 19.3. The van der Waals surface area contributed by atoms with Gasteiger partial charge in [-0.2, -0.15) is 0 Å². The van der Waals surface area contributed by atoms with Crippen molar-refractivity contribution in [3.8, 4) is 0 Å². The van der Waals surface area contributed by atoms with Crippen molar-refractivity contribution in [1.29, 1.82) is 0 Å². The smallest absolute Gasteiger partial charge is 0.264 e. The maximum atomic E-state index is 14.6. The van der Waals surface area contributed by atoms with Crippen LogP contribution in [-0.2, 0) is 33.0 Å². The molecule has 42 heavy (non-hydrogen) atoms. The Morgan fingerprint density at radius 3 is 2.33 bits per heavy atom. The third-order valence-electron chi connectivity index (χ3n) is 8.51. The minimum atomic E-state index is -2.92. The fraction of sp³-hybridized carbons (Fsp3) is 0.375. The number of carbonyl (C=O) groups excluding carboxylic acids is 2. The van der Waals surface area contributed by atoms with Crippen molar-refractivity contribution in [3.05, 3.63) is 96.6 Å². The quantitative estimate of drug-likeness (QED) is 0.216. The summed E-state index contributed by atoms with van der Waals surface area (Å²) in [4.78, 5) is 43.3. The molecule has 2 heterocycles. The zero-order valence-corrected chi connectivity index (χ0v) is 29.3. The van der Waals surface area contributed by atoms with Crippen LogP contribution in [0, 0.1) is 13.1 Å². The number of carbonyl (C=O) groups is 2. The number of halogens is 2. The molecule has 5 rings (SSSR count). The van der Waals surface area contributed by atoms with E-state index in [9.17, 15) is 19.5 Å². The fourth-order valence-electron chi connectivity index (χ4n) is 6.70. The van der Waals surface area contributed by atoms with Crippen LogP contribution in [-0.4, -0.2) is 54.2 Å². The van der Waals surface area contributed by atoms with Crippen molar-refractivity contribution in [2.75, 3.05) is 18.1 Å². The standard InChI is InChI=1S/C32H36I2N2O5Si/c1-21-30(42(2,3)40)28(18-29(38)35(15-16-37)19-22-7-5-4-6-8-22)41-32(21)26-17-25(34)13-14-27(26)36(31(32)39)20-23-9-11-24(33)12-10-23/h4-14,17,21,28,30,37,40H,15-16,18-20H2,1-3H3/t21-,28+,30-,32+/m1/s1. The first-order chi connectivity index (χ1) is 20.0. The molecule has 7 nitrogen and oxygen atoms in total. The lowest BCUT2D eigenvalue weighted by Gasteiger charge is -2.32. The maximum Gasteiger partial charge on any atom is 0.264 e. The van der Waals surface area contributed by atoms with E-state index >= 15 is 0 Å². The predicted molar refractivity (Wildman–Crippen MR) is 182 cm³/mol. The fourth-order valence-corrected chi connectivity index (χ4v) is 10.1. The number of ether oxygens (including phenoxy) is 1. The summed E-state index contributed by atoms with van der Waals surface area (Å²) in [5.74, 6) is -0.678. The van der Waals surface area contributed by atoms with Crippen LogP contribution in [0.5, 0.6) is 0 Å². The molecule has 2 N–H and O–H groups in total. The summed E-state index contributed by atoms with van der Waals surface area (Å²) < 4.78 is 8.97. The average Bonchev–Trinajstić information content (AvgIpc) is 3.36. The number of anilines is 1. The van der Waals surface area contributed by atoms with Gasteiger partial charge in [-0.3, -0.25) is 9.59 Å². The number of hydrogen-bond donors (Lipinski definition) is 2. The minimum absolute atomic E-state index is 0.0181. The van der Waals surface area contributed by atoms with Gasteiger partial charge in [-0.15, -0.1) is 0 Å². The molecule has 1 fully saturated rings. The lowest BCUT2D eigenvalue weighted by molar-refractivity contribution is -0.150. The van der Waals surface area contributed by atoms with Crippen molar-refractivity contribution in [2.24, 2.45) is 5.92 Å². The zero-order valence-electron chi connectivity index (χ0n) is 24.0. The van der Waals surface area contributed by atoms with Gasteiger partial charge < -0.3 is 24.4 Å². The highest BCUT2D eigenvalue weighted by Gasteiger charge is 2.66. The second-order valence-corrected chi connectivity index (χ2v) is 18.2. The number of rotatable bonds is 9. The lowest BCUT2D eigenvalue weighted by atomic mass is 9.82. The Hall–Kier alpha value is -1.84. The Kier molecular flexibility index (Phi) is 9.50. The van der Waals surface area contributed by atoms with Crippen molar-refractivity contribution >= 4 is 71.0 Å². The first-order valence-electron chi connectivity index (χ1n) is 14.1. The van der Waals surface area contributed by atoms with Crippen LogP contribution < -0.4 is 4.90 Å². The molecule has 3 aromatic carbocycles. The number of benzene rings is 3. The highest BCUT2D eigenvalue weighted by atomic mass is 127. The van der Waals surface area contributed by atoms with Gasteiger partial charge in [0.1, 0.15) is 0 Å². The second-order valence-electron chi connectivity index (χ2n) is 11.8. The summed E-state index contributed by atoms with van der Waals surface area (Å²) in [5, 5.41) is 9.74. The molecule has 2 aliphatic rings. The molecule has 10 heteroatoms. The van der Waals surface area contributed by atoms with Crippen LogP contribution in [0.3, 0.4) is 0 Å². The summed E-state index contributed by atoms with van der Waals surface area (Å²) in [6.07, 6.45) is -0.631. The van der Waals surface area contributed by atoms with Gasteiger partial charge in [0.25, 0.3) is 5.91 Å². The van der Waals surface area contributed by atoms with Gasteiger partial charge in [0.05, 0.1) is 31.4 Å². The molecule has 2 amide bonds. The van der Waals surface area contributed by atoms with Gasteiger partial charge in [-0.05, 0) is 99.7 Å². The van der Waals surface area contributed by atoms with E-state index in [1.807, 2.05) is 92.8 Å². The molecule has 0 aliphatic carbocycles. The zero-order chi connectivity index (χ0) is 30.2. The molecule has 0 bridgehead atoms. The summed E-state index contributed by atoms with van der Waals surface area (Å²) in [6.45, 7) is 6.51. The van der Waals surface area contributed by atoms with E-state index in [4.69, 9.17) is 4.74 Å². The first kappa shape index (κ1) is 31.6. The Labute approximate surface area is 275 Å². The largest absolute Gasteiger partial charge is 0.432 e. The number of aliphatic hydroxyl groups excluding tert-OH is 1. The number of nitrogens with zero attached hydrogens (tertiary/aromatic N) is 2. The molecule has 0 saturated carbocycles. The van der Waals surface area contributed by atoms with Crippen LogP contribution in [0.4, 0.5) is 5.69 Å². The van der Waals surface area contributed by atoms with Gasteiger partial charge in [0.2, 0.25) is 5.91 Å². The molecule has 0 radical (unpaired) electrons. The molecule has 0 unspecified atom stereocenters. The summed E-state index contributed by atoms with van der Waals surface area (Å²) in [5.41, 5.74) is 1.92. The van der Waals surface area contributed by atoms with Crippen LogP contribution in [0.25, 0.3) is 0 Å². The Bertz CT molecular complexity index is 1450. The molecule has 1 spiro atoms. The lowest BCUT2D eigenvalue weighted by Crippen LogP contribution is -2.46. The van der Waals surface area contributed by atoms with Crippen LogP contribution >= 0.6 is 45.2 Å². The van der Waals surface area contributed by atoms with E-state index < -0.39 is 20.0 Å². The van der Waals surface area contributed by atoms with Crippen LogP contribution in [0.2, 0.25) is 18.6 Å². The molecule has 222 valence electrons. The summed E-state index contributed by atoms with van der Waals surface area (Å²) in [7, 11) is -2.92. The van der Waals surface area contributed by atoms with E-state index in [1.54, 1.807) is 9.80 Å². The molecular formula is C32H36I2N2O5Si. The Balaban J connectivity index is 1.50. The van der Waals surface area contributed by atoms with Gasteiger partial charge in [-0.1, -0.05) is 49.4 Å². The monoisotopic (exact) mass is 810 g/mol. The normalized spacial score (nSPS) is 23.5. The predicted octanol–water partition coefficient (Wildman–Crippen LogP) is 5.65. The van der Waals surface area contributed by atoms with Crippen molar-refractivity contribution in [2.45, 2.75) is 56.8 Å². The van der Waals surface area contributed by atoms with Crippen molar-refractivity contribution < 1.29 is 24.2 Å². The number of fused-ring (bicyclic) bond motifs is 2. The molecule has 3 aromatic rings. The molecule has 4 atom stereocenters. The Morgan fingerprint density at radius 2 is 1.69 bits per heavy atom. The average molecular weight is 811 g/mol. The number of aliphatic hydroxyl groups is 1. The molecule has 1 saturated heterocycles. The Morgan fingerprint density at radius 1 is 1.02 bits per heavy atom. The topological polar surface area (TPSA) is 90.3 Å². The van der Waals surface area contributed by atoms with Gasteiger partial charge in [-0.25, -0.2) is 0 Å². The van der Waals surface area contributed by atoms with E-state index in [-0.39, 0.29) is 42.8 Å². The van der Waals surface area contributed by atoms with E-state index in [1.165, 1.54) is 0 Å².